The van der Waals surface area contributed by atoms with Crippen LogP contribution >= 0.6 is 11.8 Å². The Hall–Kier alpha value is -2.65. The Kier molecular flexibility index (Phi) is 5.45. The van der Waals surface area contributed by atoms with Crippen LogP contribution < -0.4 is 0 Å². The number of hydrogen-bond donors (Lipinski definition) is 0. The highest BCUT2D eigenvalue weighted by Crippen LogP contribution is 2.53. The molecule has 7 nitrogen and oxygen atoms in total. The molecule has 0 aromatic carbocycles. The summed E-state index contributed by atoms with van der Waals surface area (Å²) in [5.74, 6) is 0.176. The highest BCUT2D eigenvalue weighted by Gasteiger charge is 2.47. The van der Waals surface area contributed by atoms with Crippen molar-refractivity contribution >= 4 is 44.1 Å². The van der Waals surface area contributed by atoms with Crippen LogP contribution in [0, 0.1) is 16.7 Å². The summed E-state index contributed by atoms with van der Waals surface area (Å²) < 4.78 is 68.3. The average molecular weight is 482 g/mol. The van der Waals surface area contributed by atoms with Gasteiger partial charge in [-0.1, -0.05) is 6.08 Å². The van der Waals surface area contributed by atoms with Crippen molar-refractivity contribution in [3.05, 3.63) is 35.8 Å². The summed E-state index contributed by atoms with van der Waals surface area (Å²) in [4.78, 5) is 8.32. The summed E-state index contributed by atoms with van der Waals surface area (Å²) in [6.07, 6.45) is 6.40. The van der Waals surface area contributed by atoms with Crippen molar-refractivity contribution in [1.82, 2.24) is 14.5 Å². The second-order valence-corrected chi connectivity index (χ2v) is 10.6. The minimum Gasteiger partial charge on any atom is -0.326 e. The molecule has 0 N–H and O–H groups in total. The average Bonchev–Trinajstić information content (AvgIpc) is 3.45. The molecule has 2 heterocycles. The van der Waals surface area contributed by atoms with Crippen molar-refractivity contribution in [2.24, 2.45) is 16.9 Å². The van der Waals surface area contributed by atoms with E-state index in [9.17, 15) is 26.9 Å². The topological polar surface area (TPSA) is 101 Å². The Labute approximate surface area is 186 Å². The number of aromatic nitrogens is 3. The predicted octanol–water partition coefficient (Wildman–Crippen LogP) is 4.39. The Morgan fingerprint density at radius 2 is 2.06 bits per heavy atom. The molecule has 0 saturated heterocycles. The van der Waals surface area contributed by atoms with E-state index < -0.39 is 20.9 Å². The number of aryl methyl sites for hydroxylation is 1. The molecule has 0 amide bonds. The van der Waals surface area contributed by atoms with E-state index >= 15 is 0 Å². The SMILES string of the molecule is CCS(=O)(=O)N=C1CC(C2(C#N)CC2)=CC=C1c1nc2cc(SC(F)(F)F)ncc2n1C. The summed E-state index contributed by atoms with van der Waals surface area (Å²) in [7, 11) is -2.05. The molecule has 0 radical (unpaired) electrons. The summed E-state index contributed by atoms with van der Waals surface area (Å²) in [6.45, 7) is 1.49. The molecule has 1 saturated carbocycles. The van der Waals surface area contributed by atoms with Gasteiger partial charge in [0.15, 0.2) is 0 Å². The molecule has 12 heteroatoms. The van der Waals surface area contributed by atoms with E-state index in [1.807, 2.05) is 0 Å². The number of pyridine rings is 1. The van der Waals surface area contributed by atoms with Crippen LogP contribution in [0.2, 0.25) is 0 Å². The van der Waals surface area contributed by atoms with Gasteiger partial charge in [0, 0.05) is 30.8 Å². The normalized spacial score (nSPS) is 19.6. The number of hydrogen-bond acceptors (Lipinski definition) is 6. The Bertz CT molecular complexity index is 1340. The summed E-state index contributed by atoms with van der Waals surface area (Å²) in [5.41, 5.74) is -2.75. The zero-order chi connectivity index (χ0) is 23.3. The number of thioether (sulfide) groups is 1. The largest absolute Gasteiger partial charge is 0.447 e. The molecule has 0 unspecified atom stereocenters. The maximum absolute atomic E-state index is 12.7. The van der Waals surface area contributed by atoms with Crippen LogP contribution in [0.15, 0.2) is 39.4 Å². The third kappa shape index (κ3) is 4.31. The smallest absolute Gasteiger partial charge is 0.326 e. The predicted molar refractivity (Wildman–Crippen MR) is 115 cm³/mol. The molecule has 0 spiro atoms. The van der Waals surface area contributed by atoms with E-state index in [4.69, 9.17) is 0 Å². The van der Waals surface area contributed by atoms with Crippen LogP contribution in [0.4, 0.5) is 13.2 Å². The lowest BCUT2D eigenvalue weighted by atomic mass is 9.86. The second-order valence-electron chi connectivity index (χ2n) is 7.60. The van der Waals surface area contributed by atoms with Gasteiger partial charge in [-0.05, 0) is 37.5 Å². The molecule has 0 aliphatic heterocycles. The van der Waals surface area contributed by atoms with Crippen LogP contribution in [0.3, 0.4) is 0 Å². The first kappa shape index (κ1) is 22.5. The number of alkyl halides is 3. The number of imidazole rings is 1. The van der Waals surface area contributed by atoms with Gasteiger partial charge in [0.25, 0.3) is 10.0 Å². The monoisotopic (exact) mass is 481 g/mol. The van der Waals surface area contributed by atoms with Gasteiger partial charge in [-0.15, -0.1) is 0 Å². The molecule has 4 rings (SSSR count). The maximum Gasteiger partial charge on any atom is 0.447 e. The Morgan fingerprint density at radius 3 is 2.66 bits per heavy atom. The molecule has 2 aliphatic rings. The van der Waals surface area contributed by atoms with Gasteiger partial charge in [-0.2, -0.15) is 22.8 Å². The van der Waals surface area contributed by atoms with E-state index in [1.165, 1.54) is 19.2 Å². The van der Waals surface area contributed by atoms with Crippen molar-refractivity contribution in [3.63, 3.8) is 0 Å². The van der Waals surface area contributed by atoms with Gasteiger partial charge >= 0.3 is 5.51 Å². The zero-order valence-corrected chi connectivity index (χ0v) is 18.8. The molecular weight excluding hydrogens is 463 g/mol. The standard InChI is InChI=1S/C20H18F3N5O2S2/c1-3-32(29,30)27-14-8-12(19(11-24)6-7-19)4-5-13(14)18-26-15-9-17(31-20(21,22)23)25-10-16(15)28(18)2/h4-5,9-10H,3,6-8H2,1-2H3. The molecular formula is C20H18F3N5O2S2. The maximum atomic E-state index is 12.7. The Balaban J connectivity index is 1.83. The lowest BCUT2D eigenvalue weighted by Gasteiger charge is -2.20. The van der Waals surface area contributed by atoms with Crippen LogP contribution in [0.25, 0.3) is 16.6 Å². The van der Waals surface area contributed by atoms with E-state index in [2.05, 4.69) is 20.4 Å². The molecule has 32 heavy (non-hydrogen) atoms. The quantitative estimate of drug-likeness (QED) is 0.587. The van der Waals surface area contributed by atoms with Gasteiger partial charge in [-0.25, -0.2) is 18.4 Å². The second kappa shape index (κ2) is 7.74. The van der Waals surface area contributed by atoms with Crippen LogP contribution in [0.5, 0.6) is 0 Å². The molecule has 2 aromatic heterocycles. The highest BCUT2D eigenvalue weighted by atomic mass is 32.2. The highest BCUT2D eigenvalue weighted by molar-refractivity contribution is 8.00. The molecule has 2 aliphatic carbocycles. The molecule has 1 fully saturated rings. The minimum atomic E-state index is -4.47. The summed E-state index contributed by atoms with van der Waals surface area (Å²) in [5, 5.41) is 9.29. The number of rotatable bonds is 5. The summed E-state index contributed by atoms with van der Waals surface area (Å²) >= 11 is -0.328. The van der Waals surface area contributed by atoms with Crippen molar-refractivity contribution in [2.75, 3.05) is 5.75 Å². The number of sulfonamides is 1. The van der Waals surface area contributed by atoms with Gasteiger partial charge in [-0.3, -0.25) is 0 Å². The number of nitrogens with zero attached hydrogens (tertiary/aromatic N) is 5. The van der Waals surface area contributed by atoms with Gasteiger partial charge < -0.3 is 4.57 Å². The van der Waals surface area contributed by atoms with E-state index in [-0.39, 0.29) is 34.7 Å². The molecule has 168 valence electrons. The molecule has 0 atom stereocenters. The van der Waals surface area contributed by atoms with Crippen LogP contribution in [0.1, 0.15) is 32.0 Å². The fourth-order valence-corrected chi connectivity index (χ4v) is 4.72. The zero-order valence-electron chi connectivity index (χ0n) is 17.1. The number of fused-ring (bicyclic) bond motifs is 1. The van der Waals surface area contributed by atoms with Gasteiger partial charge in [0.2, 0.25) is 0 Å². The number of nitriles is 1. The number of halogens is 3. The Morgan fingerprint density at radius 1 is 1.34 bits per heavy atom. The van der Waals surface area contributed by atoms with Gasteiger partial charge in [0.1, 0.15) is 10.9 Å². The van der Waals surface area contributed by atoms with Crippen molar-refractivity contribution in [3.8, 4) is 6.07 Å². The minimum absolute atomic E-state index is 0.184. The third-order valence-corrected chi connectivity index (χ3v) is 7.41. The first-order valence-electron chi connectivity index (χ1n) is 9.70. The van der Waals surface area contributed by atoms with Crippen molar-refractivity contribution < 1.29 is 21.6 Å². The van der Waals surface area contributed by atoms with Crippen molar-refractivity contribution in [2.45, 2.75) is 36.7 Å². The number of allylic oxidation sites excluding steroid dienone is 4. The van der Waals surface area contributed by atoms with Crippen LogP contribution in [-0.2, 0) is 17.1 Å². The molecule has 2 aromatic rings. The van der Waals surface area contributed by atoms with Gasteiger partial charge in [0.05, 0.1) is 40.2 Å². The first-order valence-corrected chi connectivity index (χ1v) is 12.1. The lowest BCUT2D eigenvalue weighted by Crippen LogP contribution is -2.17. The van der Waals surface area contributed by atoms with Crippen molar-refractivity contribution in [1.29, 1.82) is 5.26 Å². The fourth-order valence-electron chi connectivity index (χ4n) is 3.58. The van der Waals surface area contributed by atoms with E-state index in [0.29, 0.717) is 35.3 Å². The van der Waals surface area contributed by atoms with E-state index in [0.717, 1.165) is 5.57 Å². The molecule has 0 bridgehead atoms. The lowest BCUT2D eigenvalue weighted by molar-refractivity contribution is -0.0329. The first-order chi connectivity index (χ1) is 15.0. The van der Waals surface area contributed by atoms with Crippen LogP contribution in [-0.4, -0.2) is 39.9 Å². The summed E-state index contributed by atoms with van der Waals surface area (Å²) in [6, 6.07) is 3.55. The third-order valence-electron chi connectivity index (χ3n) is 5.52. The van der Waals surface area contributed by atoms with E-state index in [1.54, 1.807) is 23.8 Å². The fraction of sp³-hybridized carbons (Fsp3) is 0.400.